The molecule has 1 amide bonds. The van der Waals surface area contributed by atoms with Crippen LogP contribution in [0.4, 0.5) is 0 Å². The van der Waals surface area contributed by atoms with E-state index >= 15 is 0 Å². The smallest absolute Gasteiger partial charge is 0.257 e. The van der Waals surface area contributed by atoms with E-state index in [1.807, 2.05) is 32.6 Å². The van der Waals surface area contributed by atoms with Crippen LogP contribution in [-0.4, -0.2) is 69.6 Å². The van der Waals surface area contributed by atoms with Crippen molar-refractivity contribution in [2.75, 3.05) is 32.7 Å². The van der Waals surface area contributed by atoms with Gasteiger partial charge in [0.25, 0.3) is 5.91 Å². The van der Waals surface area contributed by atoms with E-state index in [1.165, 1.54) is 6.33 Å². The van der Waals surface area contributed by atoms with Gasteiger partial charge in [-0.05, 0) is 12.3 Å². The molecule has 2 rings (SSSR count). The molecule has 6 heteroatoms. The molecule has 1 aliphatic rings. The molecule has 122 valence electrons. The van der Waals surface area contributed by atoms with E-state index in [0.717, 1.165) is 13.1 Å². The van der Waals surface area contributed by atoms with Crippen molar-refractivity contribution in [3.8, 4) is 0 Å². The fourth-order valence-electron chi connectivity index (χ4n) is 2.42. The zero-order chi connectivity index (χ0) is 16.3. The molecule has 1 fully saturated rings. The molecule has 6 nitrogen and oxygen atoms in total. The van der Waals surface area contributed by atoms with Crippen LogP contribution >= 0.6 is 0 Å². The highest BCUT2D eigenvalue weighted by Crippen LogP contribution is 2.20. The monoisotopic (exact) mass is 306 g/mol. The first-order valence-corrected chi connectivity index (χ1v) is 7.75. The van der Waals surface area contributed by atoms with Crippen molar-refractivity contribution in [2.45, 2.75) is 33.8 Å². The maximum Gasteiger partial charge on any atom is 0.257 e. The Hall–Kier alpha value is -1.53. The molecule has 0 bridgehead atoms. The minimum atomic E-state index is -0.362. The van der Waals surface area contributed by atoms with Crippen LogP contribution in [0.3, 0.4) is 0 Å². The van der Waals surface area contributed by atoms with E-state index in [9.17, 15) is 9.90 Å². The van der Waals surface area contributed by atoms with Crippen molar-refractivity contribution in [1.29, 1.82) is 0 Å². The van der Waals surface area contributed by atoms with Crippen LogP contribution in [0.15, 0.2) is 12.5 Å². The molecular weight excluding hydrogens is 280 g/mol. The van der Waals surface area contributed by atoms with Gasteiger partial charge >= 0.3 is 0 Å². The lowest BCUT2D eigenvalue weighted by Gasteiger charge is -2.38. The molecule has 1 atom stereocenters. The van der Waals surface area contributed by atoms with Crippen molar-refractivity contribution in [1.82, 2.24) is 19.8 Å². The normalized spacial score (nSPS) is 18.3. The van der Waals surface area contributed by atoms with Gasteiger partial charge in [0.2, 0.25) is 0 Å². The van der Waals surface area contributed by atoms with E-state index < -0.39 is 0 Å². The SMILES string of the molecule is Cc1ncncc1C(=O)N1CCN(CC(O)C(C)(C)C)CC1. The summed E-state index contributed by atoms with van der Waals surface area (Å²) in [5.74, 6) is -0.00544. The summed E-state index contributed by atoms with van der Waals surface area (Å²) in [7, 11) is 0. The number of rotatable bonds is 3. The van der Waals surface area contributed by atoms with Crippen molar-refractivity contribution in [2.24, 2.45) is 5.41 Å². The lowest BCUT2D eigenvalue weighted by atomic mass is 9.89. The molecule has 1 saturated heterocycles. The molecule has 0 aliphatic carbocycles. The number of nitrogens with zero attached hydrogens (tertiary/aromatic N) is 4. The number of hydrogen-bond acceptors (Lipinski definition) is 5. The number of carbonyl (C=O) groups excluding carboxylic acids is 1. The Balaban J connectivity index is 1.90. The van der Waals surface area contributed by atoms with E-state index in [0.29, 0.717) is 30.9 Å². The van der Waals surface area contributed by atoms with Crippen molar-refractivity contribution in [3.63, 3.8) is 0 Å². The number of amides is 1. The molecule has 1 aliphatic heterocycles. The Morgan fingerprint density at radius 1 is 1.32 bits per heavy atom. The molecule has 1 N–H and O–H groups in total. The predicted molar refractivity (Wildman–Crippen MR) is 84.6 cm³/mol. The minimum Gasteiger partial charge on any atom is -0.391 e. The molecular formula is C16H26N4O2. The summed E-state index contributed by atoms with van der Waals surface area (Å²) in [5, 5.41) is 10.2. The summed E-state index contributed by atoms with van der Waals surface area (Å²) in [6.45, 7) is 11.5. The van der Waals surface area contributed by atoms with Gasteiger partial charge in [0, 0.05) is 38.9 Å². The first-order chi connectivity index (χ1) is 10.3. The fourth-order valence-corrected chi connectivity index (χ4v) is 2.42. The van der Waals surface area contributed by atoms with Crippen LogP contribution in [0, 0.1) is 12.3 Å². The Morgan fingerprint density at radius 3 is 2.50 bits per heavy atom. The Morgan fingerprint density at radius 2 is 1.95 bits per heavy atom. The third kappa shape index (κ3) is 4.01. The van der Waals surface area contributed by atoms with Crippen molar-refractivity contribution in [3.05, 3.63) is 23.8 Å². The van der Waals surface area contributed by atoms with Gasteiger partial charge in [-0.15, -0.1) is 0 Å². The van der Waals surface area contributed by atoms with Crippen LogP contribution in [0.1, 0.15) is 36.8 Å². The molecule has 0 aromatic carbocycles. The molecule has 1 aromatic rings. The first kappa shape index (κ1) is 16.8. The van der Waals surface area contributed by atoms with E-state index in [1.54, 1.807) is 6.20 Å². The zero-order valence-corrected chi connectivity index (χ0v) is 13.9. The van der Waals surface area contributed by atoms with Gasteiger partial charge in [-0.2, -0.15) is 0 Å². The standard InChI is InChI=1S/C16H26N4O2/c1-12-13(9-17-11-18-12)15(22)20-7-5-19(6-8-20)10-14(21)16(2,3)4/h9,11,14,21H,5-8,10H2,1-4H3. The largest absolute Gasteiger partial charge is 0.391 e. The highest BCUT2D eigenvalue weighted by Gasteiger charge is 2.28. The number of β-amino-alcohol motifs (C(OH)–C–C–N with tert-alkyl or cyclic N) is 1. The number of aryl methyl sites for hydroxylation is 1. The number of aromatic nitrogens is 2. The van der Waals surface area contributed by atoms with Gasteiger partial charge in [-0.25, -0.2) is 9.97 Å². The lowest BCUT2D eigenvalue weighted by Crippen LogP contribution is -2.51. The van der Waals surface area contributed by atoms with Crippen molar-refractivity contribution >= 4 is 5.91 Å². The lowest BCUT2D eigenvalue weighted by molar-refractivity contribution is 0.0136. The van der Waals surface area contributed by atoms with Crippen molar-refractivity contribution < 1.29 is 9.90 Å². The number of carbonyl (C=O) groups is 1. The summed E-state index contributed by atoms with van der Waals surface area (Å²) in [4.78, 5) is 24.6. The van der Waals surface area contributed by atoms with Gasteiger partial charge in [0.15, 0.2) is 0 Å². The molecule has 22 heavy (non-hydrogen) atoms. The second-order valence-corrected chi connectivity index (χ2v) is 7.00. The Labute approximate surface area is 132 Å². The highest BCUT2D eigenvalue weighted by atomic mass is 16.3. The van der Waals surface area contributed by atoms with Crippen LogP contribution in [0.5, 0.6) is 0 Å². The summed E-state index contributed by atoms with van der Waals surface area (Å²) in [5.41, 5.74) is 1.17. The topological polar surface area (TPSA) is 69.6 Å². The van der Waals surface area contributed by atoms with Gasteiger partial charge in [-0.1, -0.05) is 20.8 Å². The summed E-state index contributed by atoms with van der Waals surface area (Å²) in [6, 6.07) is 0. The van der Waals surface area contributed by atoms with Gasteiger partial charge < -0.3 is 10.0 Å². The summed E-state index contributed by atoms with van der Waals surface area (Å²) < 4.78 is 0. The average molecular weight is 306 g/mol. The Bertz CT molecular complexity index is 519. The van der Waals surface area contributed by atoms with Gasteiger partial charge in [-0.3, -0.25) is 9.69 Å². The Kier molecular flexibility index (Phi) is 5.13. The minimum absolute atomic E-state index is 0.00544. The van der Waals surface area contributed by atoms with Gasteiger partial charge in [0.05, 0.1) is 17.4 Å². The zero-order valence-electron chi connectivity index (χ0n) is 13.9. The first-order valence-electron chi connectivity index (χ1n) is 7.75. The molecule has 0 radical (unpaired) electrons. The third-order valence-corrected chi connectivity index (χ3v) is 4.23. The second-order valence-electron chi connectivity index (χ2n) is 7.00. The number of aliphatic hydroxyl groups is 1. The average Bonchev–Trinajstić information content (AvgIpc) is 2.47. The van der Waals surface area contributed by atoms with Crippen LogP contribution in [-0.2, 0) is 0 Å². The van der Waals surface area contributed by atoms with Crippen LogP contribution in [0.2, 0.25) is 0 Å². The summed E-state index contributed by atoms with van der Waals surface area (Å²) >= 11 is 0. The molecule has 0 spiro atoms. The number of aliphatic hydroxyl groups excluding tert-OH is 1. The highest BCUT2D eigenvalue weighted by molar-refractivity contribution is 5.94. The molecule has 1 aromatic heterocycles. The number of piperazine rings is 1. The number of hydrogen-bond donors (Lipinski definition) is 1. The second kappa shape index (κ2) is 6.71. The molecule has 2 heterocycles. The third-order valence-electron chi connectivity index (χ3n) is 4.23. The van der Waals surface area contributed by atoms with E-state index in [2.05, 4.69) is 14.9 Å². The predicted octanol–water partition coefficient (Wildman–Crippen LogP) is 0.950. The van der Waals surface area contributed by atoms with E-state index in [4.69, 9.17) is 0 Å². The van der Waals surface area contributed by atoms with E-state index in [-0.39, 0.29) is 17.4 Å². The molecule has 0 saturated carbocycles. The van der Waals surface area contributed by atoms with Crippen LogP contribution < -0.4 is 0 Å². The maximum atomic E-state index is 12.5. The van der Waals surface area contributed by atoms with Gasteiger partial charge in [0.1, 0.15) is 6.33 Å². The quantitative estimate of drug-likeness (QED) is 0.900. The van der Waals surface area contributed by atoms with Crippen LogP contribution in [0.25, 0.3) is 0 Å². The molecule has 1 unspecified atom stereocenters. The summed E-state index contributed by atoms with van der Waals surface area (Å²) in [6.07, 6.45) is 2.68. The fraction of sp³-hybridized carbons (Fsp3) is 0.688. The maximum absolute atomic E-state index is 12.5.